The Labute approximate surface area is 101 Å². The molecule has 0 amide bonds. The van der Waals surface area contributed by atoms with E-state index in [2.05, 4.69) is 20.9 Å². The highest BCUT2D eigenvalue weighted by Gasteiger charge is 2.31. The lowest BCUT2D eigenvalue weighted by atomic mass is 10.2. The largest absolute Gasteiger partial charge is 0.299 e. The molecule has 86 valence electrons. The summed E-state index contributed by atoms with van der Waals surface area (Å²) in [5, 5.41) is 9.26. The standard InChI is InChI=1S/C7H2BrClF2N2O3/c8-2-1-12-4(7(10)11)3(6(9)14)5(2)13(15)16/h1,7H. The molecule has 0 bridgehead atoms. The first-order chi connectivity index (χ1) is 7.36. The monoisotopic (exact) mass is 314 g/mol. The number of nitro groups is 1. The van der Waals surface area contributed by atoms with E-state index in [0.717, 1.165) is 6.20 Å². The summed E-state index contributed by atoms with van der Waals surface area (Å²) >= 11 is 7.78. The molecule has 1 heterocycles. The quantitative estimate of drug-likeness (QED) is 0.488. The molecule has 9 heteroatoms. The third kappa shape index (κ3) is 2.33. The van der Waals surface area contributed by atoms with Crippen molar-refractivity contribution in [1.82, 2.24) is 4.98 Å². The smallest absolute Gasteiger partial charge is 0.275 e. The minimum Gasteiger partial charge on any atom is -0.275 e. The molecule has 1 aromatic rings. The number of pyridine rings is 1. The second-order valence-electron chi connectivity index (χ2n) is 2.55. The van der Waals surface area contributed by atoms with Crippen molar-refractivity contribution < 1.29 is 18.5 Å². The van der Waals surface area contributed by atoms with Crippen LogP contribution in [0.3, 0.4) is 0 Å². The van der Waals surface area contributed by atoms with Crippen LogP contribution in [0.25, 0.3) is 0 Å². The van der Waals surface area contributed by atoms with Crippen LogP contribution in [-0.2, 0) is 0 Å². The number of carbonyl (C=O) groups is 1. The van der Waals surface area contributed by atoms with Crippen LogP contribution in [0.5, 0.6) is 0 Å². The summed E-state index contributed by atoms with van der Waals surface area (Å²) in [4.78, 5) is 23.8. The molecule has 0 aromatic carbocycles. The number of alkyl halides is 2. The molecule has 0 radical (unpaired) electrons. The zero-order chi connectivity index (χ0) is 12.5. The van der Waals surface area contributed by atoms with Crippen LogP contribution in [0.1, 0.15) is 22.5 Å². The average Bonchev–Trinajstić information content (AvgIpc) is 2.15. The normalized spacial score (nSPS) is 10.6. The Hall–Kier alpha value is -1.15. The van der Waals surface area contributed by atoms with Crippen molar-refractivity contribution in [2.45, 2.75) is 6.43 Å². The van der Waals surface area contributed by atoms with Crippen LogP contribution in [-0.4, -0.2) is 15.1 Å². The van der Waals surface area contributed by atoms with Crippen LogP contribution >= 0.6 is 27.5 Å². The van der Waals surface area contributed by atoms with Crippen molar-refractivity contribution in [2.75, 3.05) is 0 Å². The maximum absolute atomic E-state index is 12.5. The van der Waals surface area contributed by atoms with E-state index in [1.807, 2.05) is 0 Å². The predicted molar refractivity (Wildman–Crippen MR) is 53.7 cm³/mol. The van der Waals surface area contributed by atoms with Crippen LogP contribution < -0.4 is 0 Å². The van der Waals surface area contributed by atoms with Gasteiger partial charge < -0.3 is 0 Å². The zero-order valence-corrected chi connectivity index (χ0v) is 9.63. The van der Waals surface area contributed by atoms with Gasteiger partial charge in [-0.25, -0.2) is 8.78 Å². The van der Waals surface area contributed by atoms with Crippen molar-refractivity contribution in [3.05, 3.63) is 32.0 Å². The maximum atomic E-state index is 12.5. The van der Waals surface area contributed by atoms with Gasteiger partial charge in [0.15, 0.2) is 0 Å². The van der Waals surface area contributed by atoms with Gasteiger partial charge in [-0.05, 0) is 27.5 Å². The molecule has 0 saturated heterocycles. The van der Waals surface area contributed by atoms with E-state index in [4.69, 9.17) is 11.6 Å². The Morgan fingerprint density at radius 1 is 1.62 bits per heavy atom. The molecule has 0 atom stereocenters. The Balaban J connectivity index is 3.63. The summed E-state index contributed by atoms with van der Waals surface area (Å²) in [5.41, 5.74) is -2.71. The van der Waals surface area contributed by atoms with Crippen LogP contribution in [0.4, 0.5) is 14.5 Å². The number of carbonyl (C=O) groups excluding carboxylic acids is 1. The summed E-state index contributed by atoms with van der Waals surface area (Å²) in [6.45, 7) is 0. The molecular formula is C7H2BrClF2N2O3. The minimum atomic E-state index is -3.12. The highest BCUT2D eigenvalue weighted by atomic mass is 79.9. The van der Waals surface area contributed by atoms with Crippen molar-refractivity contribution in [3.8, 4) is 0 Å². The molecular weight excluding hydrogens is 313 g/mol. The zero-order valence-electron chi connectivity index (χ0n) is 7.29. The van der Waals surface area contributed by atoms with Crippen molar-refractivity contribution in [1.29, 1.82) is 0 Å². The van der Waals surface area contributed by atoms with E-state index in [-0.39, 0.29) is 4.47 Å². The summed E-state index contributed by atoms with van der Waals surface area (Å²) in [7, 11) is 0. The third-order valence-corrected chi connectivity index (χ3v) is 2.39. The van der Waals surface area contributed by atoms with Gasteiger partial charge in [-0.15, -0.1) is 0 Å². The van der Waals surface area contributed by atoms with Crippen LogP contribution in [0, 0.1) is 10.1 Å². The average molecular weight is 315 g/mol. The van der Waals surface area contributed by atoms with Gasteiger partial charge in [0.1, 0.15) is 15.7 Å². The van der Waals surface area contributed by atoms with E-state index in [1.165, 1.54) is 0 Å². The van der Waals surface area contributed by atoms with Gasteiger partial charge in [-0.3, -0.25) is 19.9 Å². The van der Waals surface area contributed by atoms with E-state index in [9.17, 15) is 23.7 Å². The van der Waals surface area contributed by atoms with Gasteiger partial charge in [0.25, 0.3) is 17.4 Å². The van der Waals surface area contributed by atoms with Crippen LogP contribution in [0.15, 0.2) is 10.7 Å². The number of nitrogens with zero attached hydrogens (tertiary/aromatic N) is 2. The number of aromatic nitrogens is 1. The molecule has 1 aromatic heterocycles. The minimum absolute atomic E-state index is 0.189. The number of hydrogen-bond acceptors (Lipinski definition) is 4. The fourth-order valence-electron chi connectivity index (χ4n) is 1.03. The fraction of sp³-hybridized carbons (Fsp3) is 0.143. The fourth-order valence-corrected chi connectivity index (χ4v) is 1.66. The lowest BCUT2D eigenvalue weighted by molar-refractivity contribution is -0.386. The van der Waals surface area contributed by atoms with Crippen molar-refractivity contribution in [2.24, 2.45) is 0 Å². The highest BCUT2D eigenvalue weighted by Crippen LogP contribution is 2.34. The lowest BCUT2D eigenvalue weighted by Gasteiger charge is -2.05. The predicted octanol–water partition coefficient (Wildman–Crippen LogP) is 3.07. The van der Waals surface area contributed by atoms with E-state index < -0.39 is 33.5 Å². The molecule has 0 saturated carbocycles. The number of halogens is 4. The Morgan fingerprint density at radius 2 is 2.19 bits per heavy atom. The number of rotatable bonds is 3. The van der Waals surface area contributed by atoms with Crippen molar-refractivity contribution in [3.63, 3.8) is 0 Å². The molecule has 0 spiro atoms. The van der Waals surface area contributed by atoms with E-state index in [1.54, 1.807) is 0 Å². The lowest BCUT2D eigenvalue weighted by Crippen LogP contribution is -2.07. The molecule has 0 fully saturated rings. The maximum Gasteiger partial charge on any atom is 0.299 e. The first kappa shape index (κ1) is 12.9. The Kier molecular flexibility index (Phi) is 3.87. The summed E-state index contributed by atoms with van der Waals surface area (Å²) in [5.74, 6) is 0. The molecule has 0 aliphatic carbocycles. The van der Waals surface area contributed by atoms with Crippen LogP contribution in [0.2, 0.25) is 0 Å². The molecule has 0 aliphatic heterocycles. The first-order valence-corrected chi connectivity index (χ1v) is 4.84. The summed E-state index contributed by atoms with van der Waals surface area (Å²) < 4.78 is 24.7. The summed E-state index contributed by atoms with van der Waals surface area (Å²) in [6, 6.07) is 0. The summed E-state index contributed by atoms with van der Waals surface area (Å²) in [6.07, 6.45) is -2.30. The Morgan fingerprint density at radius 3 is 2.56 bits per heavy atom. The van der Waals surface area contributed by atoms with Gasteiger partial charge in [0.05, 0.1) is 4.92 Å². The topological polar surface area (TPSA) is 73.1 Å². The van der Waals surface area contributed by atoms with Gasteiger partial charge >= 0.3 is 0 Å². The molecule has 5 nitrogen and oxygen atoms in total. The SMILES string of the molecule is O=C(Cl)c1c(C(F)F)ncc(Br)c1[N+](=O)[O-]. The molecule has 0 unspecified atom stereocenters. The first-order valence-electron chi connectivity index (χ1n) is 3.67. The van der Waals surface area contributed by atoms with Gasteiger partial charge in [-0.1, -0.05) is 0 Å². The van der Waals surface area contributed by atoms with E-state index >= 15 is 0 Å². The second kappa shape index (κ2) is 4.79. The highest BCUT2D eigenvalue weighted by molar-refractivity contribution is 9.10. The van der Waals surface area contributed by atoms with Gasteiger partial charge in [-0.2, -0.15) is 0 Å². The molecule has 1 rings (SSSR count). The van der Waals surface area contributed by atoms with E-state index in [0.29, 0.717) is 0 Å². The molecule has 0 N–H and O–H groups in total. The van der Waals surface area contributed by atoms with Gasteiger partial charge in [0.2, 0.25) is 0 Å². The number of hydrogen-bond donors (Lipinski definition) is 0. The van der Waals surface area contributed by atoms with Gasteiger partial charge in [0, 0.05) is 6.20 Å². The molecule has 16 heavy (non-hydrogen) atoms. The van der Waals surface area contributed by atoms with Crippen molar-refractivity contribution >= 4 is 38.5 Å². The second-order valence-corrected chi connectivity index (χ2v) is 3.74. The third-order valence-electron chi connectivity index (χ3n) is 1.62. The molecule has 0 aliphatic rings. The Bertz CT molecular complexity index is 469.